The minimum Gasteiger partial charge on any atom is -0.370 e. The molecule has 1 aromatic carbocycles. The van der Waals surface area contributed by atoms with Crippen molar-refractivity contribution in [2.24, 2.45) is 0 Å². The van der Waals surface area contributed by atoms with Crippen molar-refractivity contribution in [3.63, 3.8) is 0 Å². The largest absolute Gasteiger partial charge is 0.370 e. The molecular weight excluding hydrogens is 322 g/mol. The highest BCUT2D eigenvalue weighted by atomic mass is 79.9. The molecule has 0 radical (unpaired) electrons. The second-order valence-electron chi connectivity index (χ2n) is 3.49. The standard InChI is InChI=1S/C12H11BrClNOS/c13-10-3-1-2-9(4-10)6-16-7-12-15-11(5-14)8-17-12/h1-4,8H,5-7H2. The Morgan fingerprint density at radius 2 is 2.24 bits per heavy atom. The Bertz CT molecular complexity index is 489. The Balaban J connectivity index is 1.83. The molecule has 90 valence electrons. The van der Waals surface area contributed by atoms with Gasteiger partial charge >= 0.3 is 0 Å². The first-order chi connectivity index (χ1) is 8.28. The van der Waals surface area contributed by atoms with Gasteiger partial charge in [0.05, 0.1) is 24.8 Å². The SMILES string of the molecule is ClCc1csc(COCc2cccc(Br)c2)n1. The van der Waals surface area contributed by atoms with Gasteiger partial charge in [0.1, 0.15) is 5.01 Å². The molecule has 0 amide bonds. The van der Waals surface area contributed by atoms with Crippen LogP contribution in [0.25, 0.3) is 0 Å². The molecule has 0 saturated heterocycles. The van der Waals surface area contributed by atoms with Crippen LogP contribution in [-0.4, -0.2) is 4.98 Å². The van der Waals surface area contributed by atoms with Gasteiger partial charge in [-0.25, -0.2) is 4.98 Å². The summed E-state index contributed by atoms with van der Waals surface area (Å²) >= 11 is 10.7. The minimum atomic E-state index is 0.460. The van der Waals surface area contributed by atoms with Gasteiger partial charge in [-0.1, -0.05) is 28.1 Å². The van der Waals surface area contributed by atoms with Crippen molar-refractivity contribution in [1.82, 2.24) is 4.98 Å². The Labute approximate surface area is 118 Å². The lowest BCUT2D eigenvalue weighted by atomic mass is 10.2. The number of thiazole rings is 1. The number of rotatable bonds is 5. The van der Waals surface area contributed by atoms with Crippen molar-refractivity contribution in [3.8, 4) is 0 Å². The van der Waals surface area contributed by atoms with E-state index in [0.717, 1.165) is 20.7 Å². The maximum Gasteiger partial charge on any atom is 0.119 e. The number of halogens is 2. The number of aromatic nitrogens is 1. The zero-order valence-corrected chi connectivity index (χ0v) is 12.2. The van der Waals surface area contributed by atoms with Crippen LogP contribution in [0.4, 0.5) is 0 Å². The van der Waals surface area contributed by atoms with Crippen LogP contribution < -0.4 is 0 Å². The maximum absolute atomic E-state index is 5.69. The van der Waals surface area contributed by atoms with Crippen LogP contribution in [0.5, 0.6) is 0 Å². The van der Waals surface area contributed by atoms with Crippen molar-refractivity contribution in [2.45, 2.75) is 19.1 Å². The number of hydrogen-bond acceptors (Lipinski definition) is 3. The van der Waals surface area contributed by atoms with Gasteiger partial charge in [0.25, 0.3) is 0 Å². The summed E-state index contributed by atoms with van der Waals surface area (Å²) in [7, 11) is 0. The molecule has 0 atom stereocenters. The number of ether oxygens (including phenoxy) is 1. The van der Waals surface area contributed by atoms with Crippen LogP contribution in [0.15, 0.2) is 34.1 Å². The highest BCUT2D eigenvalue weighted by Gasteiger charge is 2.01. The molecule has 2 rings (SSSR count). The molecule has 0 unspecified atom stereocenters. The van der Waals surface area contributed by atoms with Crippen molar-refractivity contribution in [3.05, 3.63) is 50.4 Å². The third-order valence-electron chi connectivity index (χ3n) is 2.12. The van der Waals surface area contributed by atoms with Gasteiger partial charge in [-0.05, 0) is 17.7 Å². The first-order valence-electron chi connectivity index (χ1n) is 5.09. The molecule has 0 aliphatic carbocycles. The van der Waals surface area contributed by atoms with Gasteiger partial charge in [-0.3, -0.25) is 0 Å². The normalized spacial score (nSPS) is 10.7. The fourth-order valence-electron chi connectivity index (χ4n) is 1.36. The fourth-order valence-corrected chi connectivity index (χ4v) is 2.76. The minimum absolute atomic E-state index is 0.460. The van der Waals surface area contributed by atoms with E-state index in [1.807, 2.05) is 29.6 Å². The zero-order chi connectivity index (χ0) is 12.1. The highest BCUT2D eigenvalue weighted by molar-refractivity contribution is 9.10. The van der Waals surface area contributed by atoms with E-state index < -0.39 is 0 Å². The van der Waals surface area contributed by atoms with E-state index in [-0.39, 0.29) is 0 Å². The number of hydrogen-bond donors (Lipinski definition) is 0. The van der Waals surface area contributed by atoms with E-state index in [1.165, 1.54) is 0 Å². The van der Waals surface area contributed by atoms with E-state index >= 15 is 0 Å². The van der Waals surface area contributed by atoms with Gasteiger partial charge in [0.2, 0.25) is 0 Å². The third-order valence-corrected chi connectivity index (χ3v) is 3.76. The van der Waals surface area contributed by atoms with E-state index in [1.54, 1.807) is 11.3 Å². The second-order valence-corrected chi connectivity index (χ2v) is 5.61. The predicted molar refractivity (Wildman–Crippen MR) is 74.3 cm³/mol. The molecule has 0 bridgehead atoms. The van der Waals surface area contributed by atoms with Gasteiger partial charge in [0.15, 0.2) is 0 Å². The average molecular weight is 333 g/mol. The molecule has 1 heterocycles. The smallest absolute Gasteiger partial charge is 0.119 e. The monoisotopic (exact) mass is 331 g/mol. The quantitative estimate of drug-likeness (QED) is 0.759. The fraction of sp³-hybridized carbons (Fsp3) is 0.250. The summed E-state index contributed by atoms with van der Waals surface area (Å²) in [6.45, 7) is 1.13. The van der Waals surface area contributed by atoms with Crippen LogP contribution in [-0.2, 0) is 23.8 Å². The number of nitrogens with zero attached hydrogens (tertiary/aromatic N) is 1. The molecule has 0 aliphatic heterocycles. The van der Waals surface area contributed by atoms with Crippen LogP contribution in [0.1, 0.15) is 16.3 Å². The predicted octanol–water partition coefficient (Wildman–Crippen LogP) is 4.36. The van der Waals surface area contributed by atoms with Crippen LogP contribution in [0, 0.1) is 0 Å². The van der Waals surface area contributed by atoms with E-state index in [4.69, 9.17) is 16.3 Å². The lowest BCUT2D eigenvalue weighted by Gasteiger charge is -2.02. The van der Waals surface area contributed by atoms with Gasteiger partial charge in [-0.15, -0.1) is 22.9 Å². The molecule has 2 nitrogen and oxygen atoms in total. The molecule has 0 saturated carbocycles. The van der Waals surface area contributed by atoms with E-state index in [0.29, 0.717) is 19.1 Å². The van der Waals surface area contributed by atoms with Crippen LogP contribution >= 0.6 is 38.9 Å². The molecule has 0 N–H and O–H groups in total. The van der Waals surface area contributed by atoms with E-state index in [9.17, 15) is 0 Å². The second kappa shape index (κ2) is 6.50. The molecule has 5 heteroatoms. The van der Waals surface area contributed by atoms with Gasteiger partial charge in [-0.2, -0.15) is 0 Å². The Kier molecular flexibility index (Phi) is 4.98. The summed E-state index contributed by atoms with van der Waals surface area (Å²) in [6, 6.07) is 8.08. The first-order valence-corrected chi connectivity index (χ1v) is 7.30. The zero-order valence-electron chi connectivity index (χ0n) is 9.03. The average Bonchev–Trinajstić information content (AvgIpc) is 2.77. The lowest BCUT2D eigenvalue weighted by molar-refractivity contribution is 0.107. The topological polar surface area (TPSA) is 22.1 Å². The lowest BCUT2D eigenvalue weighted by Crippen LogP contribution is -1.94. The molecule has 2 aromatic rings. The molecule has 0 aliphatic rings. The Morgan fingerprint density at radius 3 is 2.94 bits per heavy atom. The summed E-state index contributed by atoms with van der Waals surface area (Å²) in [6.07, 6.45) is 0. The van der Waals surface area contributed by atoms with Crippen molar-refractivity contribution in [2.75, 3.05) is 0 Å². The summed E-state index contributed by atoms with van der Waals surface area (Å²) < 4.78 is 6.67. The molecule has 1 aromatic heterocycles. The summed E-state index contributed by atoms with van der Waals surface area (Å²) in [4.78, 5) is 4.33. The molecule has 0 spiro atoms. The van der Waals surface area contributed by atoms with Crippen LogP contribution in [0.2, 0.25) is 0 Å². The first kappa shape index (κ1) is 13.0. The summed E-state index contributed by atoms with van der Waals surface area (Å²) in [5, 5.41) is 2.93. The van der Waals surface area contributed by atoms with E-state index in [2.05, 4.69) is 20.9 Å². The molecule has 0 fully saturated rings. The Hall–Kier alpha value is -0.420. The van der Waals surface area contributed by atoms with Gasteiger partial charge < -0.3 is 4.74 Å². The van der Waals surface area contributed by atoms with Crippen molar-refractivity contribution in [1.29, 1.82) is 0 Å². The molecular formula is C12H11BrClNOS. The number of benzene rings is 1. The highest BCUT2D eigenvalue weighted by Crippen LogP contribution is 2.15. The maximum atomic E-state index is 5.69. The van der Waals surface area contributed by atoms with Crippen LogP contribution in [0.3, 0.4) is 0 Å². The Morgan fingerprint density at radius 1 is 1.35 bits per heavy atom. The molecule has 17 heavy (non-hydrogen) atoms. The van der Waals surface area contributed by atoms with Crippen molar-refractivity contribution < 1.29 is 4.74 Å². The van der Waals surface area contributed by atoms with Gasteiger partial charge in [0, 0.05) is 9.85 Å². The van der Waals surface area contributed by atoms with Crippen molar-refractivity contribution >= 4 is 38.9 Å². The summed E-state index contributed by atoms with van der Waals surface area (Å²) in [5.74, 6) is 0.460. The number of alkyl halides is 1. The summed E-state index contributed by atoms with van der Waals surface area (Å²) in [5.41, 5.74) is 2.06. The third kappa shape index (κ3) is 4.07.